The number of rotatable bonds is 6. The highest BCUT2D eigenvalue weighted by Crippen LogP contribution is 2.39. The summed E-state index contributed by atoms with van der Waals surface area (Å²) < 4.78 is 0. The lowest BCUT2D eigenvalue weighted by atomic mass is 9.68. The molecule has 18 heavy (non-hydrogen) atoms. The van der Waals surface area contributed by atoms with E-state index in [4.69, 9.17) is 0 Å². The highest BCUT2D eigenvalue weighted by atomic mass is 14.9. The van der Waals surface area contributed by atoms with E-state index in [9.17, 15) is 0 Å². The van der Waals surface area contributed by atoms with Gasteiger partial charge in [0.1, 0.15) is 0 Å². The van der Waals surface area contributed by atoms with Gasteiger partial charge < -0.3 is 10.6 Å². The molecule has 0 saturated heterocycles. The summed E-state index contributed by atoms with van der Waals surface area (Å²) in [5.74, 6) is 0. The van der Waals surface area contributed by atoms with Crippen molar-refractivity contribution in [1.29, 1.82) is 0 Å². The third-order valence-electron chi connectivity index (χ3n) is 4.28. The summed E-state index contributed by atoms with van der Waals surface area (Å²) >= 11 is 0. The van der Waals surface area contributed by atoms with Gasteiger partial charge in [-0.25, -0.2) is 0 Å². The Morgan fingerprint density at radius 3 is 2.50 bits per heavy atom. The van der Waals surface area contributed by atoms with Gasteiger partial charge in [-0.1, -0.05) is 30.2 Å². The minimum Gasteiger partial charge on any atom is -0.319 e. The van der Waals surface area contributed by atoms with E-state index >= 15 is 0 Å². The molecule has 0 aliphatic heterocycles. The molecule has 1 aliphatic rings. The molecule has 0 aromatic heterocycles. The Bertz CT molecular complexity index is 394. The fraction of sp³-hybridized carbons (Fsp3) is 0.625. The summed E-state index contributed by atoms with van der Waals surface area (Å²) in [6, 6.07) is 6.73. The number of benzene rings is 1. The lowest BCUT2D eigenvalue weighted by Gasteiger charge is -2.42. The summed E-state index contributed by atoms with van der Waals surface area (Å²) in [5, 5.41) is 6.99. The van der Waals surface area contributed by atoms with Gasteiger partial charge in [-0.3, -0.25) is 0 Å². The molecule has 0 heterocycles. The van der Waals surface area contributed by atoms with Crippen LogP contribution in [0, 0.1) is 19.3 Å². The van der Waals surface area contributed by atoms with Crippen molar-refractivity contribution in [2.24, 2.45) is 5.41 Å². The molecule has 0 radical (unpaired) electrons. The third kappa shape index (κ3) is 3.12. The first-order valence-corrected chi connectivity index (χ1v) is 7.07. The summed E-state index contributed by atoms with van der Waals surface area (Å²) in [6.45, 7) is 7.64. The van der Waals surface area contributed by atoms with Crippen LogP contribution >= 0.6 is 0 Å². The quantitative estimate of drug-likeness (QED) is 0.806. The maximum absolute atomic E-state index is 3.65. The molecule has 0 amide bonds. The first kappa shape index (κ1) is 13.6. The van der Waals surface area contributed by atoms with Crippen LogP contribution in [0.3, 0.4) is 0 Å². The van der Waals surface area contributed by atoms with Crippen LogP contribution in [0.2, 0.25) is 0 Å². The maximum Gasteiger partial charge on any atom is 0.0208 e. The van der Waals surface area contributed by atoms with Crippen LogP contribution in [0.15, 0.2) is 18.2 Å². The lowest BCUT2D eigenvalue weighted by molar-refractivity contribution is 0.130. The fourth-order valence-corrected chi connectivity index (χ4v) is 2.97. The average molecular weight is 246 g/mol. The number of hydrogen-bond donors (Lipinski definition) is 2. The minimum absolute atomic E-state index is 0.521. The second-order valence-corrected chi connectivity index (χ2v) is 5.92. The second-order valence-electron chi connectivity index (χ2n) is 5.92. The summed E-state index contributed by atoms with van der Waals surface area (Å²) in [5.41, 5.74) is 4.70. The van der Waals surface area contributed by atoms with Gasteiger partial charge in [0.15, 0.2) is 0 Å². The molecule has 0 unspecified atom stereocenters. The first-order valence-electron chi connectivity index (χ1n) is 7.07. The normalized spacial score (nSPS) is 17.5. The van der Waals surface area contributed by atoms with Crippen LogP contribution in [0.4, 0.5) is 0 Å². The molecule has 0 bridgehead atoms. The van der Waals surface area contributed by atoms with Crippen LogP contribution in [0.25, 0.3) is 0 Å². The van der Waals surface area contributed by atoms with E-state index in [1.165, 1.54) is 36.0 Å². The smallest absolute Gasteiger partial charge is 0.0208 e. The van der Waals surface area contributed by atoms with Crippen LogP contribution in [-0.2, 0) is 6.54 Å². The molecule has 1 aliphatic carbocycles. The molecule has 1 fully saturated rings. The molecular weight excluding hydrogens is 220 g/mol. The summed E-state index contributed by atoms with van der Waals surface area (Å²) in [4.78, 5) is 0. The Morgan fingerprint density at radius 2 is 1.94 bits per heavy atom. The minimum atomic E-state index is 0.521. The first-order chi connectivity index (χ1) is 8.65. The molecule has 1 aromatic rings. The monoisotopic (exact) mass is 246 g/mol. The Morgan fingerprint density at radius 1 is 1.17 bits per heavy atom. The van der Waals surface area contributed by atoms with E-state index in [2.05, 4.69) is 49.7 Å². The number of aryl methyl sites for hydroxylation is 2. The van der Waals surface area contributed by atoms with Crippen LogP contribution < -0.4 is 10.6 Å². The van der Waals surface area contributed by atoms with Crippen molar-refractivity contribution < 1.29 is 0 Å². The Balaban J connectivity index is 1.84. The molecule has 1 saturated carbocycles. The molecular formula is C16H26N2. The molecule has 2 N–H and O–H groups in total. The van der Waals surface area contributed by atoms with E-state index in [1.54, 1.807) is 0 Å². The van der Waals surface area contributed by atoms with Crippen molar-refractivity contribution in [3.05, 3.63) is 34.9 Å². The maximum atomic E-state index is 3.65. The van der Waals surface area contributed by atoms with Gasteiger partial charge in [0.25, 0.3) is 0 Å². The van der Waals surface area contributed by atoms with Crippen molar-refractivity contribution in [2.45, 2.75) is 39.7 Å². The predicted molar refractivity (Wildman–Crippen MR) is 77.8 cm³/mol. The predicted octanol–water partition coefficient (Wildman–Crippen LogP) is 2.78. The van der Waals surface area contributed by atoms with Crippen molar-refractivity contribution in [3.8, 4) is 0 Å². The number of hydrogen-bond acceptors (Lipinski definition) is 2. The lowest BCUT2D eigenvalue weighted by Crippen LogP contribution is -2.46. The van der Waals surface area contributed by atoms with Gasteiger partial charge in [0, 0.05) is 19.6 Å². The van der Waals surface area contributed by atoms with Crippen molar-refractivity contribution in [3.63, 3.8) is 0 Å². The van der Waals surface area contributed by atoms with Gasteiger partial charge >= 0.3 is 0 Å². The molecule has 100 valence electrons. The Hall–Kier alpha value is -0.860. The third-order valence-corrected chi connectivity index (χ3v) is 4.28. The molecule has 0 spiro atoms. The van der Waals surface area contributed by atoms with E-state index in [1.807, 2.05) is 0 Å². The van der Waals surface area contributed by atoms with Crippen molar-refractivity contribution in [1.82, 2.24) is 10.6 Å². The molecule has 2 rings (SSSR count). The van der Waals surface area contributed by atoms with E-state index in [-0.39, 0.29) is 0 Å². The topological polar surface area (TPSA) is 24.1 Å². The zero-order valence-electron chi connectivity index (χ0n) is 12.0. The van der Waals surface area contributed by atoms with Gasteiger partial charge in [-0.05, 0) is 50.3 Å². The average Bonchev–Trinajstić information content (AvgIpc) is 2.28. The Labute approximate surface area is 111 Å². The highest BCUT2D eigenvalue weighted by molar-refractivity contribution is 5.30. The van der Waals surface area contributed by atoms with E-state index in [0.29, 0.717) is 5.41 Å². The van der Waals surface area contributed by atoms with Crippen LogP contribution in [0.1, 0.15) is 36.0 Å². The number of nitrogens with one attached hydrogen (secondary N) is 2. The van der Waals surface area contributed by atoms with Crippen LogP contribution in [0.5, 0.6) is 0 Å². The van der Waals surface area contributed by atoms with E-state index < -0.39 is 0 Å². The molecule has 1 aromatic carbocycles. The van der Waals surface area contributed by atoms with Crippen molar-refractivity contribution >= 4 is 0 Å². The highest BCUT2D eigenvalue weighted by Gasteiger charge is 2.35. The Kier molecular flexibility index (Phi) is 4.41. The standard InChI is InChI=1S/C16H26N2/c1-13-5-6-15(14(2)9-13)10-18-12-16(11-17-3)7-4-8-16/h5-6,9,17-18H,4,7-8,10-12H2,1-3H3. The van der Waals surface area contributed by atoms with Gasteiger partial charge in [0.2, 0.25) is 0 Å². The molecule has 2 heteroatoms. The SMILES string of the molecule is CNCC1(CNCc2ccc(C)cc2C)CCC1. The van der Waals surface area contributed by atoms with Gasteiger partial charge in [-0.15, -0.1) is 0 Å². The largest absolute Gasteiger partial charge is 0.319 e. The van der Waals surface area contributed by atoms with Crippen molar-refractivity contribution in [2.75, 3.05) is 20.1 Å². The summed E-state index contributed by atoms with van der Waals surface area (Å²) in [7, 11) is 2.06. The zero-order chi connectivity index (χ0) is 13.0. The van der Waals surface area contributed by atoms with Gasteiger partial charge in [-0.2, -0.15) is 0 Å². The molecule has 0 atom stereocenters. The van der Waals surface area contributed by atoms with E-state index in [0.717, 1.165) is 19.6 Å². The zero-order valence-corrected chi connectivity index (χ0v) is 12.0. The second kappa shape index (κ2) is 5.85. The van der Waals surface area contributed by atoms with Gasteiger partial charge in [0.05, 0.1) is 0 Å². The van der Waals surface area contributed by atoms with Crippen LogP contribution in [-0.4, -0.2) is 20.1 Å². The molecule has 2 nitrogen and oxygen atoms in total. The fourth-order valence-electron chi connectivity index (χ4n) is 2.97. The summed E-state index contributed by atoms with van der Waals surface area (Å²) in [6.07, 6.45) is 4.13.